The molecule has 80 valence electrons. The summed E-state index contributed by atoms with van der Waals surface area (Å²) in [6, 6.07) is 5.30. The van der Waals surface area contributed by atoms with Gasteiger partial charge in [-0.3, -0.25) is 14.6 Å². The summed E-state index contributed by atoms with van der Waals surface area (Å²) in [5.74, 6) is -1.30. The topological polar surface area (TPSA) is 70.5 Å². The number of pyridine rings is 1. The van der Waals surface area contributed by atoms with Crippen LogP contribution in [0.4, 0.5) is 0 Å². The maximum absolute atomic E-state index is 11.1. The number of carbonyl (C=O) groups is 2. The Hall–Kier alpha value is -1.91. The summed E-state index contributed by atoms with van der Waals surface area (Å²) in [7, 11) is 0. The van der Waals surface area contributed by atoms with E-state index in [0.717, 1.165) is 0 Å². The molecule has 0 atom stereocenters. The molecule has 0 saturated heterocycles. The van der Waals surface area contributed by atoms with Crippen LogP contribution in [0.3, 0.4) is 0 Å². The second-order valence-electron chi connectivity index (χ2n) is 3.09. The van der Waals surface area contributed by atoms with Crippen molar-refractivity contribution in [3.8, 4) is 0 Å². The monoisotopic (exact) mass is 208 g/mol. The molecule has 1 aromatic rings. The average molecular weight is 208 g/mol. The summed E-state index contributed by atoms with van der Waals surface area (Å²) in [6.45, 7) is 1.26. The normalized spacial score (nSPS) is 9.67. The van der Waals surface area contributed by atoms with Crippen LogP contribution in [0, 0.1) is 0 Å². The largest absolute Gasteiger partial charge is 0.480 e. The molecule has 0 aliphatic heterocycles. The first-order chi connectivity index (χ1) is 7.09. The Kier molecular flexibility index (Phi) is 3.79. The smallest absolute Gasteiger partial charge is 0.323 e. The number of hydrogen-bond acceptors (Lipinski definition) is 3. The number of rotatable bonds is 4. The highest BCUT2D eigenvalue weighted by Crippen LogP contribution is 2.01. The van der Waals surface area contributed by atoms with Gasteiger partial charge in [0.1, 0.15) is 6.54 Å². The number of nitrogens with zero attached hydrogens (tertiary/aromatic N) is 2. The Morgan fingerprint density at radius 3 is 2.67 bits per heavy atom. The predicted molar refractivity (Wildman–Crippen MR) is 53.0 cm³/mol. The quantitative estimate of drug-likeness (QED) is 0.782. The molecule has 1 aromatic heterocycles. The molecule has 0 saturated carbocycles. The minimum Gasteiger partial charge on any atom is -0.480 e. The Morgan fingerprint density at radius 1 is 1.47 bits per heavy atom. The third kappa shape index (κ3) is 3.76. The second-order valence-corrected chi connectivity index (χ2v) is 3.09. The molecule has 1 rings (SSSR count). The molecule has 0 radical (unpaired) electrons. The number of carboxylic acid groups (broad SMARTS) is 1. The van der Waals surface area contributed by atoms with E-state index in [2.05, 4.69) is 4.98 Å². The van der Waals surface area contributed by atoms with Crippen molar-refractivity contribution in [1.82, 2.24) is 9.88 Å². The van der Waals surface area contributed by atoms with E-state index < -0.39 is 5.97 Å². The third-order valence-electron chi connectivity index (χ3n) is 1.85. The summed E-state index contributed by atoms with van der Waals surface area (Å²) in [5, 5.41) is 8.60. The molecule has 1 N–H and O–H groups in total. The van der Waals surface area contributed by atoms with Crippen LogP contribution < -0.4 is 0 Å². The van der Waals surface area contributed by atoms with E-state index in [1.807, 2.05) is 0 Å². The SMILES string of the molecule is CC(=O)N(CC(=O)O)Cc1ccccn1. The van der Waals surface area contributed by atoms with Crippen molar-refractivity contribution >= 4 is 11.9 Å². The number of aromatic nitrogens is 1. The lowest BCUT2D eigenvalue weighted by Crippen LogP contribution is -2.33. The van der Waals surface area contributed by atoms with E-state index in [-0.39, 0.29) is 19.0 Å². The summed E-state index contributed by atoms with van der Waals surface area (Å²) in [6.07, 6.45) is 1.61. The molecule has 0 unspecified atom stereocenters. The van der Waals surface area contributed by atoms with E-state index in [1.165, 1.54) is 11.8 Å². The first-order valence-electron chi connectivity index (χ1n) is 4.47. The highest BCUT2D eigenvalue weighted by molar-refractivity contribution is 5.79. The fourth-order valence-corrected chi connectivity index (χ4v) is 1.13. The van der Waals surface area contributed by atoms with Gasteiger partial charge < -0.3 is 10.0 Å². The molecule has 0 bridgehead atoms. The van der Waals surface area contributed by atoms with Gasteiger partial charge in [0, 0.05) is 13.1 Å². The molecule has 0 aliphatic carbocycles. The minimum absolute atomic E-state index is 0.225. The first kappa shape index (κ1) is 11.2. The van der Waals surface area contributed by atoms with Gasteiger partial charge in [-0.05, 0) is 12.1 Å². The number of aliphatic carboxylic acids is 1. The number of hydrogen-bond donors (Lipinski definition) is 1. The molecule has 1 amide bonds. The van der Waals surface area contributed by atoms with Gasteiger partial charge in [0.05, 0.1) is 12.2 Å². The number of carbonyl (C=O) groups excluding carboxylic acids is 1. The highest BCUT2D eigenvalue weighted by Gasteiger charge is 2.13. The first-order valence-corrected chi connectivity index (χ1v) is 4.47. The van der Waals surface area contributed by atoms with Crippen LogP contribution in [-0.4, -0.2) is 33.4 Å². The molecule has 0 fully saturated rings. The van der Waals surface area contributed by atoms with Crippen LogP contribution >= 0.6 is 0 Å². The molecule has 5 heteroatoms. The Bertz CT molecular complexity index is 351. The van der Waals surface area contributed by atoms with Gasteiger partial charge in [0.25, 0.3) is 0 Å². The number of amides is 1. The molecular weight excluding hydrogens is 196 g/mol. The van der Waals surface area contributed by atoms with Gasteiger partial charge in [-0.15, -0.1) is 0 Å². The average Bonchev–Trinajstić information content (AvgIpc) is 2.17. The van der Waals surface area contributed by atoms with Crippen molar-refractivity contribution in [3.63, 3.8) is 0 Å². The zero-order chi connectivity index (χ0) is 11.3. The summed E-state index contributed by atoms with van der Waals surface area (Å²) >= 11 is 0. The van der Waals surface area contributed by atoms with Crippen LogP contribution in [0.5, 0.6) is 0 Å². The maximum atomic E-state index is 11.1. The Morgan fingerprint density at radius 2 is 2.20 bits per heavy atom. The van der Waals surface area contributed by atoms with E-state index in [9.17, 15) is 9.59 Å². The fraction of sp³-hybridized carbons (Fsp3) is 0.300. The molecule has 0 aromatic carbocycles. The van der Waals surface area contributed by atoms with E-state index in [4.69, 9.17) is 5.11 Å². The molecular formula is C10H12N2O3. The lowest BCUT2D eigenvalue weighted by Gasteiger charge is -2.17. The molecule has 1 heterocycles. The molecule has 0 aliphatic rings. The third-order valence-corrected chi connectivity index (χ3v) is 1.85. The predicted octanol–water partition coefficient (Wildman–Crippen LogP) is 0.515. The van der Waals surface area contributed by atoms with Gasteiger partial charge in [-0.1, -0.05) is 6.07 Å². The van der Waals surface area contributed by atoms with Crippen molar-refractivity contribution in [2.24, 2.45) is 0 Å². The fourth-order valence-electron chi connectivity index (χ4n) is 1.13. The van der Waals surface area contributed by atoms with Gasteiger partial charge in [0.15, 0.2) is 0 Å². The van der Waals surface area contributed by atoms with Crippen molar-refractivity contribution < 1.29 is 14.7 Å². The summed E-state index contributed by atoms with van der Waals surface area (Å²) < 4.78 is 0. The zero-order valence-electron chi connectivity index (χ0n) is 8.38. The summed E-state index contributed by atoms with van der Waals surface area (Å²) in [4.78, 5) is 26.9. The van der Waals surface area contributed by atoms with Gasteiger partial charge >= 0.3 is 5.97 Å². The van der Waals surface area contributed by atoms with Crippen LogP contribution in [-0.2, 0) is 16.1 Å². The lowest BCUT2D eigenvalue weighted by atomic mass is 10.3. The van der Waals surface area contributed by atoms with Crippen molar-refractivity contribution in [3.05, 3.63) is 30.1 Å². The standard InChI is InChI=1S/C10H12N2O3/c1-8(13)12(7-10(14)15)6-9-4-2-3-5-11-9/h2-5H,6-7H2,1H3,(H,14,15). The number of carboxylic acids is 1. The van der Waals surface area contributed by atoms with E-state index >= 15 is 0 Å². The van der Waals surface area contributed by atoms with Crippen molar-refractivity contribution in [2.45, 2.75) is 13.5 Å². The van der Waals surface area contributed by atoms with Gasteiger partial charge in [0.2, 0.25) is 5.91 Å². The van der Waals surface area contributed by atoms with Crippen molar-refractivity contribution in [2.75, 3.05) is 6.54 Å². The second kappa shape index (κ2) is 5.09. The van der Waals surface area contributed by atoms with Gasteiger partial charge in [-0.2, -0.15) is 0 Å². The lowest BCUT2D eigenvalue weighted by molar-refractivity contribution is -0.144. The van der Waals surface area contributed by atoms with E-state index in [1.54, 1.807) is 24.4 Å². The van der Waals surface area contributed by atoms with Gasteiger partial charge in [-0.25, -0.2) is 0 Å². The van der Waals surface area contributed by atoms with Crippen LogP contribution in [0.2, 0.25) is 0 Å². The van der Waals surface area contributed by atoms with Crippen molar-refractivity contribution in [1.29, 1.82) is 0 Å². The maximum Gasteiger partial charge on any atom is 0.323 e. The Balaban J connectivity index is 2.67. The highest BCUT2D eigenvalue weighted by atomic mass is 16.4. The van der Waals surface area contributed by atoms with E-state index in [0.29, 0.717) is 5.69 Å². The van der Waals surface area contributed by atoms with Crippen LogP contribution in [0.15, 0.2) is 24.4 Å². The zero-order valence-corrected chi connectivity index (χ0v) is 8.38. The van der Waals surface area contributed by atoms with Crippen LogP contribution in [0.1, 0.15) is 12.6 Å². The molecule has 0 spiro atoms. The minimum atomic E-state index is -1.03. The molecule has 5 nitrogen and oxygen atoms in total. The summed E-state index contributed by atoms with van der Waals surface area (Å²) in [5.41, 5.74) is 0.675. The molecule has 15 heavy (non-hydrogen) atoms. The Labute approximate surface area is 87.4 Å². The van der Waals surface area contributed by atoms with Crippen LogP contribution in [0.25, 0.3) is 0 Å².